The van der Waals surface area contributed by atoms with Crippen molar-refractivity contribution in [3.8, 4) is 5.69 Å². The number of carbonyl (C=O) groups is 1. The Morgan fingerprint density at radius 1 is 1.03 bits per heavy atom. The number of aryl methyl sites for hydroxylation is 1. The van der Waals surface area contributed by atoms with Crippen LogP contribution in [0.5, 0.6) is 0 Å². The van der Waals surface area contributed by atoms with E-state index in [0.29, 0.717) is 33.5 Å². The Labute approximate surface area is 214 Å². The average molecular weight is 521 g/mol. The minimum atomic E-state index is -4.50. The Morgan fingerprint density at radius 2 is 1.76 bits per heavy atom. The number of hydrogen-bond donors (Lipinski definition) is 2. The molecule has 0 aliphatic heterocycles. The second kappa shape index (κ2) is 9.33. The Hall–Kier alpha value is -4.67. The predicted molar refractivity (Wildman–Crippen MR) is 138 cm³/mol. The first-order chi connectivity index (χ1) is 18.1. The van der Waals surface area contributed by atoms with Crippen molar-refractivity contribution in [2.24, 2.45) is 7.05 Å². The summed E-state index contributed by atoms with van der Waals surface area (Å²) >= 11 is 0. The highest BCUT2D eigenvalue weighted by atomic mass is 19.4. The molecule has 0 bridgehead atoms. The van der Waals surface area contributed by atoms with Gasteiger partial charge in [0.1, 0.15) is 11.3 Å². The topological polar surface area (TPSA) is 93.8 Å². The van der Waals surface area contributed by atoms with Crippen molar-refractivity contribution in [3.05, 3.63) is 94.0 Å². The van der Waals surface area contributed by atoms with E-state index >= 15 is 0 Å². The number of hydrogen-bond acceptors (Lipinski definition) is 5. The van der Waals surface area contributed by atoms with Gasteiger partial charge in [0.05, 0.1) is 28.2 Å². The van der Waals surface area contributed by atoms with Crippen LogP contribution in [0.2, 0.25) is 0 Å². The maximum absolute atomic E-state index is 13.4. The minimum Gasteiger partial charge on any atom is -0.373 e. The van der Waals surface area contributed by atoms with Crippen LogP contribution in [0.1, 0.15) is 34.6 Å². The SMILES string of the molecule is CNc1cccc([C@H](C)NC(=O)c2ccc3c(c2)c2nn(C)cc2c(=O)n3-c2ccc(C(F)(F)F)cc2)n1. The number of rotatable bonds is 5. The zero-order valence-electron chi connectivity index (χ0n) is 20.7. The fourth-order valence-corrected chi connectivity index (χ4v) is 4.38. The van der Waals surface area contributed by atoms with Crippen LogP contribution in [0.4, 0.5) is 19.0 Å². The molecule has 3 heterocycles. The average Bonchev–Trinajstić information content (AvgIpc) is 3.30. The number of benzene rings is 2. The molecule has 1 amide bonds. The summed E-state index contributed by atoms with van der Waals surface area (Å²) in [6.45, 7) is 1.82. The fourth-order valence-electron chi connectivity index (χ4n) is 4.38. The van der Waals surface area contributed by atoms with Gasteiger partial charge in [-0.15, -0.1) is 0 Å². The molecule has 0 radical (unpaired) electrons. The van der Waals surface area contributed by atoms with Gasteiger partial charge in [-0.2, -0.15) is 18.3 Å². The van der Waals surface area contributed by atoms with Crippen molar-refractivity contribution < 1.29 is 18.0 Å². The molecule has 0 aliphatic rings. The molecule has 1 atom stereocenters. The zero-order valence-corrected chi connectivity index (χ0v) is 20.7. The van der Waals surface area contributed by atoms with Gasteiger partial charge in [0, 0.05) is 36.9 Å². The van der Waals surface area contributed by atoms with Gasteiger partial charge in [-0.1, -0.05) is 6.07 Å². The van der Waals surface area contributed by atoms with Crippen molar-refractivity contribution >= 4 is 33.5 Å². The molecule has 2 N–H and O–H groups in total. The van der Waals surface area contributed by atoms with Gasteiger partial charge in [0.15, 0.2) is 0 Å². The molecular formula is C27H23F3N6O2. The van der Waals surface area contributed by atoms with Gasteiger partial charge < -0.3 is 10.6 Å². The highest BCUT2D eigenvalue weighted by Gasteiger charge is 2.30. The van der Waals surface area contributed by atoms with Gasteiger partial charge >= 0.3 is 6.18 Å². The molecule has 0 spiro atoms. The highest BCUT2D eigenvalue weighted by molar-refractivity contribution is 6.07. The van der Waals surface area contributed by atoms with Crippen molar-refractivity contribution in [1.29, 1.82) is 0 Å². The summed E-state index contributed by atoms with van der Waals surface area (Å²) in [5, 5.41) is 11.1. The normalized spacial score (nSPS) is 12.6. The fraction of sp³-hybridized carbons (Fsp3) is 0.185. The Kier molecular flexibility index (Phi) is 6.14. The van der Waals surface area contributed by atoms with E-state index in [9.17, 15) is 22.8 Å². The molecule has 0 aliphatic carbocycles. The molecule has 11 heteroatoms. The van der Waals surface area contributed by atoms with Crippen molar-refractivity contribution in [2.75, 3.05) is 12.4 Å². The van der Waals surface area contributed by atoms with E-state index < -0.39 is 17.3 Å². The number of halogens is 3. The van der Waals surface area contributed by atoms with Crippen LogP contribution >= 0.6 is 0 Å². The molecule has 5 rings (SSSR count). The van der Waals surface area contributed by atoms with Gasteiger partial charge in [-0.25, -0.2) is 4.98 Å². The van der Waals surface area contributed by atoms with Crippen LogP contribution in [0.15, 0.2) is 71.7 Å². The molecule has 2 aromatic carbocycles. The summed E-state index contributed by atoms with van der Waals surface area (Å²) in [5.74, 6) is 0.320. The lowest BCUT2D eigenvalue weighted by atomic mass is 10.1. The number of pyridine rings is 2. The molecule has 0 saturated carbocycles. The number of anilines is 1. The summed E-state index contributed by atoms with van der Waals surface area (Å²) in [5.41, 5.74) is 0.828. The van der Waals surface area contributed by atoms with Gasteiger partial charge in [0.25, 0.3) is 11.5 Å². The first-order valence-corrected chi connectivity index (χ1v) is 11.7. The summed E-state index contributed by atoms with van der Waals surface area (Å²) in [4.78, 5) is 31.0. The molecule has 0 fully saturated rings. The lowest BCUT2D eigenvalue weighted by Gasteiger charge is -2.16. The van der Waals surface area contributed by atoms with Gasteiger partial charge in [-0.05, 0) is 61.5 Å². The van der Waals surface area contributed by atoms with Crippen LogP contribution in [0.3, 0.4) is 0 Å². The van der Waals surface area contributed by atoms with E-state index in [1.54, 1.807) is 38.5 Å². The van der Waals surface area contributed by atoms with E-state index in [1.165, 1.54) is 21.4 Å². The number of nitrogens with one attached hydrogen (secondary N) is 2. The van der Waals surface area contributed by atoms with Crippen LogP contribution in [-0.2, 0) is 13.2 Å². The van der Waals surface area contributed by atoms with Crippen LogP contribution < -0.4 is 16.2 Å². The lowest BCUT2D eigenvalue weighted by molar-refractivity contribution is -0.137. The number of alkyl halides is 3. The first kappa shape index (κ1) is 25.0. The third-order valence-corrected chi connectivity index (χ3v) is 6.29. The molecule has 0 unspecified atom stereocenters. The van der Waals surface area contributed by atoms with Crippen LogP contribution in [-0.4, -0.2) is 32.3 Å². The Bertz CT molecular complexity index is 1740. The summed E-state index contributed by atoms with van der Waals surface area (Å²) in [6, 6.07) is 14.2. The minimum absolute atomic E-state index is 0.264. The maximum Gasteiger partial charge on any atom is 0.416 e. The quantitative estimate of drug-likeness (QED) is 0.347. The maximum atomic E-state index is 13.4. The standard InChI is InChI=1S/C27H23F3N6O2/c1-15(21-5-4-6-23(31-2)33-21)32-25(37)16-7-12-22-19(13-16)24-20(14-35(3)34-24)26(38)36(22)18-10-8-17(9-11-18)27(28,29)30/h4-15H,1-3H3,(H,31,33)(H,32,37)/t15-/m0/s1. The molecule has 194 valence electrons. The van der Waals surface area contributed by atoms with E-state index in [-0.39, 0.29) is 23.0 Å². The second-order valence-electron chi connectivity index (χ2n) is 8.88. The molecule has 0 saturated heterocycles. The van der Waals surface area contributed by atoms with Crippen molar-refractivity contribution in [1.82, 2.24) is 24.6 Å². The van der Waals surface area contributed by atoms with Crippen LogP contribution in [0, 0.1) is 0 Å². The molecule has 8 nitrogen and oxygen atoms in total. The number of amides is 1. The van der Waals surface area contributed by atoms with Crippen LogP contribution in [0.25, 0.3) is 27.5 Å². The Morgan fingerprint density at radius 3 is 2.45 bits per heavy atom. The number of aromatic nitrogens is 4. The largest absolute Gasteiger partial charge is 0.416 e. The zero-order chi connectivity index (χ0) is 27.2. The van der Waals surface area contributed by atoms with E-state index in [2.05, 4.69) is 20.7 Å². The van der Waals surface area contributed by atoms with E-state index in [1.807, 2.05) is 25.1 Å². The molecule has 38 heavy (non-hydrogen) atoms. The summed E-state index contributed by atoms with van der Waals surface area (Å²) in [7, 11) is 3.42. The van der Waals surface area contributed by atoms with E-state index in [0.717, 1.165) is 12.1 Å². The number of fused-ring (bicyclic) bond motifs is 3. The summed E-state index contributed by atoms with van der Waals surface area (Å²) < 4.78 is 42.1. The summed E-state index contributed by atoms with van der Waals surface area (Å²) in [6.07, 6.45) is -2.95. The number of nitrogens with zero attached hydrogens (tertiary/aromatic N) is 4. The lowest BCUT2D eigenvalue weighted by Crippen LogP contribution is -2.27. The van der Waals surface area contributed by atoms with Gasteiger partial charge in [-0.3, -0.25) is 18.8 Å². The first-order valence-electron chi connectivity index (χ1n) is 11.7. The number of carbonyl (C=O) groups excluding carboxylic acids is 1. The smallest absolute Gasteiger partial charge is 0.373 e. The third-order valence-electron chi connectivity index (χ3n) is 6.29. The molecule has 3 aromatic heterocycles. The van der Waals surface area contributed by atoms with Crippen molar-refractivity contribution in [3.63, 3.8) is 0 Å². The third kappa shape index (κ3) is 4.47. The monoisotopic (exact) mass is 520 g/mol. The van der Waals surface area contributed by atoms with Crippen molar-refractivity contribution in [2.45, 2.75) is 19.1 Å². The van der Waals surface area contributed by atoms with E-state index in [4.69, 9.17) is 0 Å². The molecule has 5 aromatic rings. The van der Waals surface area contributed by atoms with Gasteiger partial charge in [0.2, 0.25) is 0 Å². The predicted octanol–water partition coefficient (Wildman–Crippen LogP) is 4.82. The molecular weight excluding hydrogens is 497 g/mol. The highest BCUT2D eigenvalue weighted by Crippen LogP contribution is 2.31. The Balaban J connectivity index is 1.59. The second-order valence-corrected chi connectivity index (χ2v) is 8.88.